The summed E-state index contributed by atoms with van der Waals surface area (Å²) in [4.78, 5) is 28.2. The molecule has 2 rings (SSSR count). The number of hydrogen-bond donors (Lipinski definition) is 1. The summed E-state index contributed by atoms with van der Waals surface area (Å²) in [5.74, 6) is 0.495. The third kappa shape index (κ3) is 4.10. The first-order valence-electron chi connectivity index (χ1n) is 7.82. The summed E-state index contributed by atoms with van der Waals surface area (Å²) in [5.41, 5.74) is 0.580. The monoisotopic (exact) mass is 307 g/mol. The van der Waals surface area contributed by atoms with Crippen LogP contribution in [0.2, 0.25) is 0 Å². The lowest BCUT2D eigenvalue weighted by Gasteiger charge is -2.37. The zero-order valence-electron chi connectivity index (χ0n) is 13.5. The fraction of sp³-hybridized carbons (Fsp3) is 0.625. The Kier molecular flexibility index (Phi) is 5.60. The molecule has 2 amide bonds. The predicted molar refractivity (Wildman–Crippen MR) is 83.5 cm³/mol. The fourth-order valence-electron chi connectivity index (χ4n) is 2.50. The Hall–Kier alpha value is -1.82. The van der Waals surface area contributed by atoms with E-state index in [1.165, 1.54) is 12.5 Å². The Labute approximate surface area is 131 Å². The zero-order valence-corrected chi connectivity index (χ0v) is 13.5. The molecule has 1 N–H and O–H groups in total. The Morgan fingerprint density at radius 1 is 1.23 bits per heavy atom. The van der Waals surface area contributed by atoms with Crippen molar-refractivity contribution in [2.45, 2.75) is 26.8 Å². The van der Waals surface area contributed by atoms with Crippen LogP contribution >= 0.6 is 0 Å². The molecule has 22 heavy (non-hydrogen) atoms. The molecule has 0 bridgehead atoms. The van der Waals surface area contributed by atoms with Gasteiger partial charge >= 0.3 is 0 Å². The van der Waals surface area contributed by atoms with E-state index in [0.717, 1.165) is 0 Å². The molecule has 0 unspecified atom stereocenters. The van der Waals surface area contributed by atoms with Gasteiger partial charge in [0.1, 0.15) is 6.26 Å². The van der Waals surface area contributed by atoms with Gasteiger partial charge in [-0.05, 0) is 18.9 Å². The highest BCUT2D eigenvalue weighted by atomic mass is 16.3. The van der Waals surface area contributed by atoms with E-state index in [2.05, 4.69) is 24.1 Å². The van der Waals surface area contributed by atoms with Crippen molar-refractivity contribution in [1.82, 2.24) is 15.1 Å². The van der Waals surface area contributed by atoms with Crippen molar-refractivity contribution in [2.24, 2.45) is 5.92 Å². The quantitative estimate of drug-likeness (QED) is 0.887. The Balaban J connectivity index is 1.81. The average molecular weight is 307 g/mol. The SMILES string of the molecule is CC(C)CNC(=O)[C@@H](C)N1CCN(C(=O)c2ccoc2)CC1. The van der Waals surface area contributed by atoms with Crippen LogP contribution in [0.15, 0.2) is 23.0 Å². The number of rotatable bonds is 5. The van der Waals surface area contributed by atoms with Gasteiger partial charge in [-0.3, -0.25) is 14.5 Å². The lowest BCUT2D eigenvalue weighted by molar-refractivity contribution is -0.126. The molecule has 1 saturated heterocycles. The van der Waals surface area contributed by atoms with Gasteiger partial charge < -0.3 is 14.6 Å². The highest BCUT2D eigenvalue weighted by molar-refractivity contribution is 5.93. The molecule has 0 aliphatic carbocycles. The second-order valence-electron chi connectivity index (χ2n) is 6.16. The van der Waals surface area contributed by atoms with E-state index in [-0.39, 0.29) is 17.9 Å². The van der Waals surface area contributed by atoms with E-state index in [0.29, 0.717) is 44.2 Å². The van der Waals surface area contributed by atoms with E-state index in [9.17, 15) is 9.59 Å². The number of amides is 2. The van der Waals surface area contributed by atoms with Crippen LogP contribution in [-0.2, 0) is 4.79 Å². The molecular weight excluding hydrogens is 282 g/mol. The summed E-state index contributed by atoms with van der Waals surface area (Å²) in [6.45, 7) is 9.44. The van der Waals surface area contributed by atoms with Gasteiger partial charge in [-0.15, -0.1) is 0 Å². The lowest BCUT2D eigenvalue weighted by atomic mass is 10.2. The Bertz CT molecular complexity index is 491. The molecule has 1 fully saturated rings. The number of hydrogen-bond acceptors (Lipinski definition) is 4. The average Bonchev–Trinajstić information content (AvgIpc) is 3.05. The minimum absolute atomic E-state index is 0.00897. The molecule has 1 aromatic rings. The van der Waals surface area contributed by atoms with Crippen molar-refractivity contribution in [2.75, 3.05) is 32.7 Å². The maximum absolute atomic E-state index is 12.2. The third-order valence-electron chi connectivity index (χ3n) is 3.98. The number of piperazine rings is 1. The Morgan fingerprint density at radius 3 is 2.45 bits per heavy atom. The van der Waals surface area contributed by atoms with Gasteiger partial charge in [0.25, 0.3) is 5.91 Å². The summed E-state index contributed by atoms with van der Waals surface area (Å²) < 4.78 is 4.95. The van der Waals surface area contributed by atoms with Crippen molar-refractivity contribution < 1.29 is 14.0 Å². The van der Waals surface area contributed by atoms with Crippen LogP contribution in [0.25, 0.3) is 0 Å². The Morgan fingerprint density at radius 2 is 1.91 bits per heavy atom. The van der Waals surface area contributed by atoms with Crippen LogP contribution < -0.4 is 5.32 Å². The highest BCUT2D eigenvalue weighted by Crippen LogP contribution is 2.11. The second kappa shape index (κ2) is 7.45. The summed E-state index contributed by atoms with van der Waals surface area (Å²) in [6.07, 6.45) is 2.97. The van der Waals surface area contributed by atoms with Crippen LogP contribution in [0, 0.1) is 5.92 Å². The molecule has 0 radical (unpaired) electrons. The van der Waals surface area contributed by atoms with Crippen molar-refractivity contribution in [1.29, 1.82) is 0 Å². The molecule has 122 valence electrons. The van der Waals surface area contributed by atoms with Crippen LogP contribution in [0.5, 0.6) is 0 Å². The smallest absolute Gasteiger partial charge is 0.257 e. The summed E-state index contributed by atoms with van der Waals surface area (Å²) in [5, 5.41) is 2.96. The van der Waals surface area contributed by atoms with E-state index < -0.39 is 0 Å². The maximum Gasteiger partial charge on any atom is 0.257 e. The minimum Gasteiger partial charge on any atom is -0.472 e. The third-order valence-corrected chi connectivity index (χ3v) is 3.98. The maximum atomic E-state index is 12.2. The number of nitrogens with zero attached hydrogens (tertiary/aromatic N) is 2. The molecule has 0 saturated carbocycles. The van der Waals surface area contributed by atoms with Crippen molar-refractivity contribution in [3.05, 3.63) is 24.2 Å². The summed E-state index contributed by atoms with van der Waals surface area (Å²) in [7, 11) is 0. The van der Waals surface area contributed by atoms with Gasteiger partial charge in [0.05, 0.1) is 17.9 Å². The summed E-state index contributed by atoms with van der Waals surface area (Å²) >= 11 is 0. The lowest BCUT2D eigenvalue weighted by Crippen LogP contribution is -2.55. The van der Waals surface area contributed by atoms with Crippen LogP contribution in [0.4, 0.5) is 0 Å². The first kappa shape index (κ1) is 16.5. The van der Waals surface area contributed by atoms with Crippen LogP contribution in [0.1, 0.15) is 31.1 Å². The molecule has 2 heterocycles. The molecule has 1 aliphatic heterocycles. The topological polar surface area (TPSA) is 65.8 Å². The number of nitrogens with one attached hydrogen (secondary N) is 1. The van der Waals surface area contributed by atoms with E-state index in [1.807, 2.05) is 6.92 Å². The van der Waals surface area contributed by atoms with Crippen molar-refractivity contribution in [3.63, 3.8) is 0 Å². The molecule has 6 nitrogen and oxygen atoms in total. The van der Waals surface area contributed by atoms with Gasteiger partial charge in [-0.25, -0.2) is 0 Å². The van der Waals surface area contributed by atoms with Crippen LogP contribution in [-0.4, -0.2) is 60.4 Å². The van der Waals surface area contributed by atoms with E-state index in [1.54, 1.807) is 11.0 Å². The molecule has 0 spiro atoms. The van der Waals surface area contributed by atoms with E-state index in [4.69, 9.17) is 4.42 Å². The number of furan rings is 1. The standard InChI is InChI=1S/C16H25N3O3/c1-12(2)10-17-15(20)13(3)18-5-7-19(8-6-18)16(21)14-4-9-22-11-14/h4,9,11-13H,5-8,10H2,1-3H3,(H,17,20)/t13-/m1/s1. The molecule has 1 aliphatic rings. The molecule has 1 aromatic heterocycles. The van der Waals surface area contributed by atoms with Crippen molar-refractivity contribution >= 4 is 11.8 Å². The largest absolute Gasteiger partial charge is 0.472 e. The van der Waals surface area contributed by atoms with E-state index >= 15 is 0 Å². The van der Waals surface area contributed by atoms with Gasteiger partial charge in [0.15, 0.2) is 0 Å². The molecule has 1 atom stereocenters. The molecular formula is C16H25N3O3. The van der Waals surface area contributed by atoms with Gasteiger partial charge in [0.2, 0.25) is 5.91 Å². The number of carbonyl (C=O) groups excluding carboxylic acids is 2. The predicted octanol–water partition coefficient (Wildman–Crippen LogP) is 1.20. The van der Waals surface area contributed by atoms with Crippen LogP contribution in [0.3, 0.4) is 0 Å². The van der Waals surface area contributed by atoms with Gasteiger partial charge in [0, 0.05) is 32.7 Å². The second-order valence-corrected chi connectivity index (χ2v) is 6.16. The first-order valence-corrected chi connectivity index (χ1v) is 7.82. The normalized spacial score (nSPS) is 17.5. The van der Waals surface area contributed by atoms with Crippen molar-refractivity contribution in [3.8, 4) is 0 Å². The number of carbonyl (C=O) groups is 2. The highest BCUT2D eigenvalue weighted by Gasteiger charge is 2.28. The molecule has 6 heteroatoms. The summed E-state index contributed by atoms with van der Waals surface area (Å²) in [6, 6.07) is 1.52. The zero-order chi connectivity index (χ0) is 16.1. The molecule has 0 aromatic carbocycles. The minimum atomic E-state index is -0.162. The first-order chi connectivity index (χ1) is 10.5. The van der Waals surface area contributed by atoms with Gasteiger partial charge in [-0.2, -0.15) is 0 Å². The van der Waals surface area contributed by atoms with Gasteiger partial charge in [-0.1, -0.05) is 13.8 Å². The fourth-order valence-corrected chi connectivity index (χ4v) is 2.50.